The molecule has 348 valence electrons. The average molecular weight is 873 g/mol. The van der Waals surface area contributed by atoms with E-state index in [-0.39, 0.29) is 79.2 Å². The molecule has 61 heavy (non-hydrogen) atoms. The van der Waals surface area contributed by atoms with E-state index in [9.17, 15) is 20.1 Å². The van der Waals surface area contributed by atoms with Gasteiger partial charge < -0.3 is 39.0 Å². The highest BCUT2D eigenvalue weighted by Crippen LogP contribution is 2.42. The SMILES string of the molecule is CCC#CC[C@H](C)C(/C=C/[C@@H]1[C@@H](CCO)[C@@H](O)C[C@H]1C)OC1CCCCO1.CCC#CC[C@H](C)C(/C=C/[C@@H]1[C@@H](CCSCCCC(=O)OC)[C@@H](O)C[C@H]1C)OC1CCCCO1. The minimum absolute atomic E-state index is 0.0347. The number of carbonyl (C=O) groups excluding carboxylic acids is 1. The maximum absolute atomic E-state index is 11.3. The van der Waals surface area contributed by atoms with Crippen LogP contribution in [0.25, 0.3) is 0 Å². The molecule has 0 amide bonds. The summed E-state index contributed by atoms with van der Waals surface area (Å²) in [5, 5.41) is 30.4. The summed E-state index contributed by atoms with van der Waals surface area (Å²) in [7, 11) is 1.43. The molecule has 4 aliphatic rings. The first-order valence-corrected chi connectivity index (χ1v) is 25.1. The number of rotatable bonds is 21. The molecule has 4 rings (SSSR count). The summed E-state index contributed by atoms with van der Waals surface area (Å²) >= 11 is 1.86. The van der Waals surface area contributed by atoms with Gasteiger partial charge in [-0.15, -0.1) is 23.7 Å². The maximum Gasteiger partial charge on any atom is 0.305 e. The molecule has 4 unspecified atom stereocenters. The number of esters is 1. The fourth-order valence-electron chi connectivity index (χ4n) is 9.26. The molecule has 2 heterocycles. The molecule has 2 aliphatic carbocycles. The monoisotopic (exact) mass is 873 g/mol. The number of methoxy groups -OCH3 is 1. The molecule has 2 aliphatic heterocycles. The zero-order chi connectivity index (χ0) is 44.4. The van der Waals surface area contributed by atoms with Gasteiger partial charge in [0.15, 0.2) is 12.6 Å². The minimum atomic E-state index is -0.323. The van der Waals surface area contributed by atoms with Crippen LogP contribution in [0.3, 0.4) is 0 Å². The molecule has 2 saturated heterocycles. The molecule has 9 nitrogen and oxygen atoms in total. The molecule has 0 spiro atoms. The highest BCUT2D eigenvalue weighted by molar-refractivity contribution is 7.99. The van der Waals surface area contributed by atoms with Gasteiger partial charge in [0.2, 0.25) is 0 Å². The van der Waals surface area contributed by atoms with Crippen LogP contribution >= 0.6 is 11.8 Å². The molecule has 14 atom stereocenters. The van der Waals surface area contributed by atoms with E-state index in [1.165, 1.54) is 7.11 Å². The number of hydrogen-bond acceptors (Lipinski definition) is 10. The Morgan fingerprint density at radius 1 is 0.754 bits per heavy atom. The Hall–Kier alpha value is -1.86. The third-order valence-corrected chi connectivity index (χ3v) is 14.1. The summed E-state index contributed by atoms with van der Waals surface area (Å²) in [6.07, 6.45) is 22.4. The van der Waals surface area contributed by atoms with E-state index in [0.29, 0.717) is 30.6 Å². The molecule has 0 aromatic heterocycles. The first-order valence-electron chi connectivity index (χ1n) is 24.0. The van der Waals surface area contributed by atoms with Gasteiger partial charge in [0.1, 0.15) is 0 Å². The Balaban J connectivity index is 0.000000334. The number of ether oxygens (including phenoxy) is 5. The van der Waals surface area contributed by atoms with Crippen molar-refractivity contribution in [2.24, 2.45) is 47.3 Å². The highest BCUT2D eigenvalue weighted by Gasteiger charge is 2.39. The van der Waals surface area contributed by atoms with Gasteiger partial charge in [-0.05, 0) is 129 Å². The summed E-state index contributed by atoms with van der Waals surface area (Å²) in [5.74, 6) is 17.1. The normalized spacial score (nSPS) is 31.0. The number of carbonyl (C=O) groups is 1. The molecule has 2 saturated carbocycles. The number of thioether (sulfide) groups is 1. The van der Waals surface area contributed by atoms with Crippen LogP contribution in [-0.4, -0.2) is 96.7 Å². The molecule has 0 aromatic rings. The first kappa shape index (κ1) is 53.5. The molecular formula is C51H84O9S. The summed E-state index contributed by atoms with van der Waals surface area (Å²) in [6.45, 7) is 14.6. The smallest absolute Gasteiger partial charge is 0.305 e. The quantitative estimate of drug-likeness (QED) is 0.0445. The third kappa shape index (κ3) is 19.8. The zero-order valence-corrected chi connectivity index (χ0v) is 39.8. The Morgan fingerprint density at radius 2 is 1.25 bits per heavy atom. The van der Waals surface area contributed by atoms with Crippen LogP contribution in [0.5, 0.6) is 0 Å². The van der Waals surface area contributed by atoms with Crippen molar-refractivity contribution in [3.63, 3.8) is 0 Å². The van der Waals surface area contributed by atoms with Gasteiger partial charge in [-0.2, -0.15) is 11.8 Å². The van der Waals surface area contributed by atoms with Crippen molar-refractivity contribution in [2.45, 2.75) is 181 Å². The van der Waals surface area contributed by atoms with Gasteiger partial charge in [0, 0.05) is 51.9 Å². The first-order chi connectivity index (χ1) is 29.5. The second-order valence-electron chi connectivity index (χ2n) is 18.0. The molecule has 4 fully saturated rings. The standard InChI is InChI=1S/C28H46O5S.C23H38O4/c1-5-6-7-11-21(2)26(33-28-13-8-9-17-32-28)15-14-23-22(3)20-25(29)24(23)16-19-34-18-10-12-27(30)31-4;1-4-5-6-9-17(2)22(27-23-10-7-8-15-26-23)12-11-19-18(3)16-21(25)20(19)13-14-24/h14-15,21-26,28-29H,5,8-13,16-20H2,1-4H3;11-12,17-25H,4,7-10,13-16H2,1-3H3/b15-14+;12-11+/t21-,22+,23-,24+,25-,26?,28?;17-,18+,19-,20+,21-,22?,23?/m00/s1. The van der Waals surface area contributed by atoms with Crippen LogP contribution in [0.1, 0.15) is 144 Å². The number of aliphatic hydroxyl groups excluding tert-OH is 3. The number of aliphatic hydroxyl groups is 3. The lowest BCUT2D eigenvalue weighted by atomic mass is 9.86. The lowest BCUT2D eigenvalue weighted by molar-refractivity contribution is -0.186. The van der Waals surface area contributed by atoms with Crippen LogP contribution in [0.15, 0.2) is 24.3 Å². The molecule has 0 aromatic carbocycles. The van der Waals surface area contributed by atoms with Gasteiger partial charge in [-0.3, -0.25) is 4.79 Å². The third-order valence-electron chi connectivity index (χ3n) is 13.0. The van der Waals surface area contributed by atoms with Crippen LogP contribution in [0.2, 0.25) is 0 Å². The van der Waals surface area contributed by atoms with Crippen LogP contribution in [0.4, 0.5) is 0 Å². The van der Waals surface area contributed by atoms with Crippen molar-refractivity contribution >= 4 is 17.7 Å². The Labute approximate surface area is 375 Å². The molecule has 0 bridgehead atoms. The van der Waals surface area contributed by atoms with Crippen LogP contribution in [0, 0.1) is 71.0 Å². The van der Waals surface area contributed by atoms with E-state index < -0.39 is 0 Å². The topological polar surface area (TPSA) is 124 Å². The fraction of sp³-hybridized carbons (Fsp3) is 0.824. The predicted octanol–water partition coefficient (Wildman–Crippen LogP) is 9.51. The van der Waals surface area contributed by atoms with Crippen molar-refractivity contribution in [2.75, 3.05) is 38.4 Å². The summed E-state index contributed by atoms with van der Waals surface area (Å²) in [4.78, 5) is 11.3. The second kappa shape index (κ2) is 31.1. The summed E-state index contributed by atoms with van der Waals surface area (Å²) in [6, 6.07) is 0. The second-order valence-corrected chi connectivity index (χ2v) is 19.2. The Kier molecular flexibility index (Phi) is 27.3. The maximum atomic E-state index is 11.3. The van der Waals surface area contributed by atoms with E-state index in [4.69, 9.17) is 23.7 Å². The van der Waals surface area contributed by atoms with E-state index >= 15 is 0 Å². The van der Waals surface area contributed by atoms with Crippen molar-refractivity contribution in [1.82, 2.24) is 0 Å². The van der Waals surface area contributed by atoms with Crippen LogP contribution in [-0.2, 0) is 28.5 Å². The van der Waals surface area contributed by atoms with Gasteiger partial charge in [-0.25, -0.2) is 0 Å². The Bertz CT molecular complexity index is 1370. The minimum Gasteiger partial charge on any atom is -0.469 e. The lowest BCUT2D eigenvalue weighted by Gasteiger charge is -2.29. The van der Waals surface area contributed by atoms with Gasteiger partial charge in [0.05, 0.1) is 31.5 Å². The molecular weight excluding hydrogens is 789 g/mol. The molecule has 10 heteroatoms. The van der Waals surface area contributed by atoms with E-state index in [1.807, 2.05) is 11.8 Å². The van der Waals surface area contributed by atoms with E-state index in [2.05, 4.69) is 89.5 Å². The largest absolute Gasteiger partial charge is 0.469 e. The van der Waals surface area contributed by atoms with Crippen molar-refractivity contribution in [3.05, 3.63) is 24.3 Å². The summed E-state index contributed by atoms with van der Waals surface area (Å²) < 4.78 is 29.1. The van der Waals surface area contributed by atoms with Crippen molar-refractivity contribution in [1.29, 1.82) is 0 Å². The fourth-order valence-corrected chi connectivity index (χ4v) is 10.2. The van der Waals surface area contributed by atoms with Gasteiger partial charge in [0.25, 0.3) is 0 Å². The Morgan fingerprint density at radius 3 is 1.67 bits per heavy atom. The number of hydrogen-bond donors (Lipinski definition) is 3. The lowest BCUT2D eigenvalue weighted by Crippen LogP contribution is -2.31. The van der Waals surface area contributed by atoms with Gasteiger partial charge in [-0.1, -0.05) is 65.8 Å². The van der Waals surface area contributed by atoms with Crippen LogP contribution < -0.4 is 0 Å². The van der Waals surface area contributed by atoms with Gasteiger partial charge >= 0.3 is 5.97 Å². The number of allylic oxidation sites excluding steroid dienone is 2. The van der Waals surface area contributed by atoms with Crippen molar-refractivity contribution < 1.29 is 43.8 Å². The van der Waals surface area contributed by atoms with Crippen molar-refractivity contribution in [3.8, 4) is 23.7 Å². The average Bonchev–Trinajstić information content (AvgIpc) is 3.69. The highest BCUT2D eigenvalue weighted by atomic mass is 32.2. The zero-order valence-electron chi connectivity index (χ0n) is 38.9. The predicted molar refractivity (Wildman–Crippen MR) is 247 cm³/mol. The summed E-state index contributed by atoms with van der Waals surface area (Å²) in [5.41, 5.74) is 0. The molecule has 0 radical (unpaired) electrons. The van der Waals surface area contributed by atoms with E-state index in [0.717, 1.165) is 115 Å². The molecule has 3 N–H and O–H groups in total. The van der Waals surface area contributed by atoms with E-state index in [1.54, 1.807) is 0 Å².